The maximum absolute atomic E-state index is 9.55. The number of hydrogen-bond donors (Lipinski definition) is 1. The van der Waals surface area contributed by atoms with E-state index in [1.165, 1.54) is 14.2 Å². The van der Waals surface area contributed by atoms with E-state index in [2.05, 4.69) is 0 Å². The van der Waals surface area contributed by atoms with Crippen LogP contribution in [0.25, 0.3) is 0 Å². The average Bonchev–Trinajstić information content (AvgIpc) is 2.18. The molecule has 72 valence electrons. The fourth-order valence-electron chi connectivity index (χ4n) is 0.987. The van der Waals surface area contributed by atoms with Gasteiger partial charge in [-0.3, -0.25) is 0 Å². The molecule has 0 fully saturated rings. The molecule has 0 aliphatic carbocycles. The Bertz CT molecular complexity index is 274. The van der Waals surface area contributed by atoms with Crippen molar-refractivity contribution in [2.45, 2.75) is 4.90 Å². The fraction of sp³-hybridized carbons (Fsp3) is 0.333. The van der Waals surface area contributed by atoms with Crippen LogP contribution in [0.3, 0.4) is 0 Å². The van der Waals surface area contributed by atoms with Gasteiger partial charge in [0.15, 0.2) is 11.5 Å². The minimum Gasteiger partial charge on any atom is -0.502 e. The number of ether oxygens (including phenoxy) is 2. The molecule has 0 aliphatic heterocycles. The van der Waals surface area contributed by atoms with E-state index in [0.717, 1.165) is 4.90 Å². The van der Waals surface area contributed by atoms with Crippen molar-refractivity contribution in [3.8, 4) is 17.2 Å². The first kappa shape index (κ1) is 10.1. The molecule has 0 bridgehead atoms. The van der Waals surface area contributed by atoms with Gasteiger partial charge in [-0.2, -0.15) is 0 Å². The third kappa shape index (κ3) is 2.01. The molecule has 0 saturated heterocycles. The molecular formula is C9H12O3S. The Morgan fingerprint density at radius 3 is 1.92 bits per heavy atom. The summed E-state index contributed by atoms with van der Waals surface area (Å²) in [4.78, 5) is 0.992. The minimum absolute atomic E-state index is 0.0443. The van der Waals surface area contributed by atoms with E-state index in [9.17, 15) is 5.11 Å². The molecule has 0 aliphatic rings. The van der Waals surface area contributed by atoms with Gasteiger partial charge >= 0.3 is 0 Å². The van der Waals surface area contributed by atoms with Crippen molar-refractivity contribution in [2.75, 3.05) is 20.5 Å². The van der Waals surface area contributed by atoms with Crippen LogP contribution in [-0.2, 0) is 0 Å². The average molecular weight is 200 g/mol. The van der Waals surface area contributed by atoms with Crippen molar-refractivity contribution in [1.82, 2.24) is 0 Å². The Balaban J connectivity index is 3.20. The molecule has 0 heterocycles. The molecule has 13 heavy (non-hydrogen) atoms. The zero-order chi connectivity index (χ0) is 9.84. The summed E-state index contributed by atoms with van der Waals surface area (Å²) in [7, 11) is 3.02. The Kier molecular flexibility index (Phi) is 3.31. The third-order valence-corrected chi connectivity index (χ3v) is 2.40. The van der Waals surface area contributed by atoms with Crippen LogP contribution in [0.5, 0.6) is 17.2 Å². The molecule has 0 aromatic heterocycles. The van der Waals surface area contributed by atoms with Gasteiger partial charge in [-0.25, -0.2) is 0 Å². The number of aromatic hydroxyl groups is 1. The van der Waals surface area contributed by atoms with E-state index < -0.39 is 0 Å². The summed E-state index contributed by atoms with van der Waals surface area (Å²) in [5, 5.41) is 9.55. The summed E-state index contributed by atoms with van der Waals surface area (Å²) < 4.78 is 9.97. The molecule has 0 saturated carbocycles. The Labute approximate surface area is 81.7 Å². The van der Waals surface area contributed by atoms with Crippen molar-refractivity contribution in [3.63, 3.8) is 0 Å². The van der Waals surface area contributed by atoms with Crippen LogP contribution in [0.1, 0.15) is 0 Å². The van der Waals surface area contributed by atoms with Gasteiger partial charge < -0.3 is 14.6 Å². The predicted molar refractivity (Wildman–Crippen MR) is 53.0 cm³/mol. The first-order valence-corrected chi connectivity index (χ1v) is 4.94. The van der Waals surface area contributed by atoms with Gasteiger partial charge in [0.05, 0.1) is 14.2 Å². The number of phenolic OH excluding ortho intramolecular Hbond substituents is 1. The molecule has 0 unspecified atom stereocenters. The topological polar surface area (TPSA) is 38.7 Å². The van der Waals surface area contributed by atoms with E-state index in [1.54, 1.807) is 23.9 Å². The lowest BCUT2D eigenvalue weighted by molar-refractivity contribution is 0.338. The van der Waals surface area contributed by atoms with E-state index in [1.807, 2.05) is 6.26 Å². The van der Waals surface area contributed by atoms with Crippen LogP contribution < -0.4 is 9.47 Å². The molecule has 0 amide bonds. The second-order valence-electron chi connectivity index (χ2n) is 2.38. The summed E-state index contributed by atoms with van der Waals surface area (Å²) in [6.07, 6.45) is 1.95. The molecule has 0 atom stereocenters. The van der Waals surface area contributed by atoms with Gasteiger partial charge in [0.1, 0.15) is 0 Å². The van der Waals surface area contributed by atoms with Crippen LogP contribution in [0.15, 0.2) is 17.0 Å². The van der Waals surface area contributed by atoms with E-state index in [-0.39, 0.29) is 5.75 Å². The van der Waals surface area contributed by atoms with Crippen molar-refractivity contribution >= 4 is 11.8 Å². The number of rotatable bonds is 3. The summed E-state index contributed by atoms with van der Waals surface area (Å²) >= 11 is 1.57. The lowest BCUT2D eigenvalue weighted by Crippen LogP contribution is -1.89. The standard InChI is InChI=1S/C9H12O3S/c1-11-7-4-6(13-3)5-8(12-2)9(7)10/h4-5,10H,1-3H3. The second kappa shape index (κ2) is 4.28. The molecule has 4 heteroatoms. The van der Waals surface area contributed by atoms with Crippen LogP contribution >= 0.6 is 11.8 Å². The highest BCUT2D eigenvalue weighted by Crippen LogP contribution is 2.39. The van der Waals surface area contributed by atoms with Crippen molar-refractivity contribution in [1.29, 1.82) is 0 Å². The Morgan fingerprint density at radius 2 is 1.62 bits per heavy atom. The monoisotopic (exact) mass is 200 g/mol. The number of hydrogen-bond acceptors (Lipinski definition) is 4. The quantitative estimate of drug-likeness (QED) is 0.759. The van der Waals surface area contributed by atoms with Crippen molar-refractivity contribution in [3.05, 3.63) is 12.1 Å². The summed E-state index contributed by atoms with van der Waals surface area (Å²) in [5.74, 6) is 0.912. The highest BCUT2D eigenvalue weighted by molar-refractivity contribution is 7.98. The van der Waals surface area contributed by atoms with Crippen LogP contribution in [0, 0.1) is 0 Å². The van der Waals surface area contributed by atoms with Gasteiger partial charge in [-0.1, -0.05) is 0 Å². The predicted octanol–water partition coefficient (Wildman–Crippen LogP) is 2.13. The normalized spacial score (nSPS) is 9.77. The van der Waals surface area contributed by atoms with Crippen molar-refractivity contribution < 1.29 is 14.6 Å². The smallest absolute Gasteiger partial charge is 0.200 e. The third-order valence-electron chi connectivity index (χ3n) is 1.69. The first-order valence-electron chi connectivity index (χ1n) is 3.72. The SMILES string of the molecule is COc1cc(SC)cc(OC)c1O. The number of methoxy groups -OCH3 is 2. The van der Waals surface area contributed by atoms with Crippen LogP contribution in [0.4, 0.5) is 0 Å². The van der Waals surface area contributed by atoms with Crippen LogP contribution in [-0.4, -0.2) is 25.6 Å². The molecule has 0 radical (unpaired) electrons. The van der Waals surface area contributed by atoms with Gasteiger partial charge in [0, 0.05) is 4.90 Å². The van der Waals surface area contributed by atoms with Gasteiger partial charge in [-0.05, 0) is 18.4 Å². The highest BCUT2D eigenvalue weighted by atomic mass is 32.2. The molecule has 1 aromatic carbocycles. The minimum atomic E-state index is 0.0443. The first-order chi connectivity index (χ1) is 6.22. The molecule has 1 N–H and O–H groups in total. The highest BCUT2D eigenvalue weighted by Gasteiger charge is 2.10. The molecule has 0 spiro atoms. The van der Waals surface area contributed by atoms with E-state index in [0.29, 0.717) is 11.5 Å². The maximum Gasteiger partial charge on any atom is 0.200 e. The lowest BCUT2D eigenvalue weighted by atomic mass is 10.3. The number of phenols is 1. The Hall–Kier alpha value is -1.03. The zero-order valence-electron chi connectivity index (χ0n) is 7.83. The second-order valence-corrected chi connectivity index (χ2v) is 3.26. The van der Waals surface area contributed by atoms with E-state index >= 15 is 0 Å². The van der Waals surface area contributed by atoms with E-state index in [4.69, 9.17) is 9.47 Å². The summed E-state index contributed by atoms with van der Waals surface area (Å²) in [5.41, 5.74) is 0. The van der Waals surface area contributed by atoms with Gasteiger partial charge in [-0.15, -0.1) is 11.8 Å². The molecular weight excluding hydrogens is 188 g/mol. The summed E-state index contributed by atoms with van der Waals surface area (Å²) in [6.45, 7) is 0. The van der Waals surface area contributed by atoms with Crippen LogP contribution in [0.2, 0.25) is 0 Å². The number of thioether (sulfide) groups is 1. The summed E-state index contributed by atoms with van der Waals surface area (Å²) in [6, 6.07) is 3.53. The Morgan fingerprint density at radius 1 is 1.15 bits per heavy atom. The maximum atomic E-state index is 9.55. The zero-order valence-corrected chi connectivity index (χ0v) is 8.64. The lowest BCUT2D eigenvalue weighted by Gasteiger charge is -2.09. The van der Waals surface area contributed by atoms with Crippen molar-refractivity contribution in [2.24, 2.45) is 0 Å². The van der Waals surface area contributed by atoms with Gasteiger partial charge in [0.2, 0.25) is 5.75 Å². The fourth-order valence-corrected chi connectivity index (χ4v) is 1.44. The molecule has 1 rings (SSSR count). The number of benzene rings is 1. The molecule has 1 aromatic rings. The molecule has 3 nitrogen and oxygen atoms in total. The van der Waals surface area contributed by atoms with Gasteiger partial charge in [0.25, 0.3) is 0 Å². The largest absolute Gasteiger partial charge is 0.502 e.